The molecule has 0 radical (unpaired) electrons. The molecule has 14 atom stereocenters. The summed E-state index contributed by atoms with van der Waals surface area (Å²) in [6.45, 7) is 0.165. The van der Waals surface area contributed by atoms with Gasteiger partial charge in [-0.25, -0.2) is 0 Å². The molecule has 0 aliphatic carbocycles. The quantitative estimate of drug-likeness (QED) is 0.0348. The number of rotatable bonds is 25. The van der Waals surface area contributed by atoms with Crippen LogP contribution in [-0.4, -0.2) is 142 Å². The van der Waals surface area contributed by atoms with Crippen LogP contribution in [0.5, 0.6) is 0 Å². The summed E-state index contributed by atoms with van der Waals surface area (Å²) in [4.78, 5) is 26.3. The van der Waals surface area contributed by atoms with Crippen molar-refractivity contribution in [2.24, 2.45) is 0 Å². The van der Waals surface area contributed by atoms with Gasteiger partial charge in [0.2, 0.25) is 5.79 Å². The average Bonchev–Trinajstić information content (AvgIpc) is 3.65. The Labute approximate surface area is 427 Å². The van der Waals surface area contributed by atoms with Crippen LogP contribution < -0.4 is 0 Å². The van der Waals surface area contributed by atoms with Crippen molar-refractivity contribution in [2.45, 2.75) is 130 Å². The Morgan fingerprint density at radius 1 is 0.676 bits per heavy atom. The van der Waals surface area contributed by atoms with Gasteiger partial charge in [-0.1, -0.05) is 121 Å². The van der Waals surface area contributed by atoms with E-state index in [1.54, 1.807) is 0 Å². The first-order valence-corrected chi connectivity index (χ1v) is 25.1. The first-order valence-electron chi connectivity index (χ1n) is 23.6. The lowest BCUT2D eigenvalue weighted by Crippen LogP contribution is -2.61. The summed E-state index contributed by atoms with van der Waals surface area (Å²) in [7, 11) is 0. The molecular weight excluding hydrogens is 987 g/mol. The zero-order valence-electron chi connectivity index (χ0n) is 38.9. The summed E-state index contributed by atoms with van der Waals surface area (Å²) in [5.41, 5.74) is 3.56. The summed E-state index contributed by atoms with van der Waals surface area (Å²) in [5.74, 6) is -3.93. The smallest absolute Gasteiger partial charge is 0.305 e. The number of alkyl halides is 3. The molecule has 8 unspecified atom stereocenters. The van der Waals surface area contributed by atoms with Gasteiger partial charge >= 0.3 is 11.9 Å². The van der Waals surface area contributed by atoms with E-state index in [2.05, 4.69) is 0 Å². The fraction of sp³-hybridized carbons (Fsp3) is 0.500. The Morgan fingerprint density at radius 3 is 1.82 bits per heavy atom. The van der Waals surface area contributed by atoms with E-state index in [0.29, 0.717) is 0 Å². The van der Waals surface area contributed by atoms with Crippen LogP contribution in [0, 0.1) is 0 Å². The molecule has 4 aromatic carbocycles. The SMILES string of the molecule is O=C(CCCCC(=O)OCC1O[C@H](O[C@]2(CCl)O[C@H](CCl)[C@H](O)C2O)C(O)[C@@H](O)[C@H]1Cl)OCC(OCc1ccccc1)C(OCc1ccccc1)C1OC(c2ccccc2)OCC1OCc1ccccc1. The van der Waals surface area contributed by atoms with Gasteiger partial charge in [-0.3, -0.25) is 9.59 Å². The van der Waals surface area contributed by atoms with Crippen LogP contribution in [0.25, 0.3) is 0 Å². The van der Waals surface area contributed by atoms with E-state index < -0.39 is 109 Å². The van der Waals surface area contributed by atoms with Gasteiger partial charge in [0.25, 0.3) is 0 Å². The number of aliphatic hydroxyl groups excluding tert-OH is 4. The van der Waals surface area contributed by atoms with E-state index in [4.69, 9.17) is 82.2 Å². The second-order valence-electron chi connectivity index (χ2n) is 17.5. The first kappa shape index (κ1) is 55.0. The highest BCUT2D eigenvalue weighted by Gasteiger charge is 2.58. The van der Waals surface area contributed by atoms with Crippen molar-refractivity contribution in [3.63, 3.8) is 0 Å². The van der Waals surface area contributed by atoms with Crippen molar-refractivity contribution in [3.05, 3.63) is 144 Å². The Morgan fingerprint density at radius 2 is 1.24 bits per heavy atom. The van der Waals surface area contributed by atoms with Gasteiger partial charge in [-0.05, 0) is 29.5 Å². The van der Waals surface area contributed by atoms with Crippen LogP contribution in [0.4, 0.5) is 0 Å². The zero-order valence-corrected chi connectivity index (χ0v) is 41.1. The lowest BCUT2D eigenvalue weighted by Gasteiger charge is -2.43. The number of carbonyl (C=O) groups is 2. The molecule has 16 nitrogen and oxygen atoms in total. The van der Waals surface area contributed by atoms with Crippen LogP contribution in [0.3, 0.4) is 0 Å². The molecule has 3 aliphatic rings. The Balaban J connectivity index is 0.975. The summed E-state index contributed by atoms with van der Waals surface area (Å²) in [6, 6.07) is 38.6. The molecule has 3 fully saturated rings. The topological polar surface area (TPSA) is 207 Å². The lowest BCUT2D eigenvalue weighted by molar-refractivity contribution is -0.357. The normalized spacial score (nSPS) is 29.5. The molecule has 0 spiro atoms. The molecule has 0 saturated carbocycles. The molecule has 19 heteroatoms. The number of carbonyl (C=O) groups excluding carboxylic acids is 2. The average molecular weight is 1050 g/mol. The van der Waals surface area contributed by atoms with Crippen molar-refractivity contribution < 1.29 is 77.4 Å². The fourth-order valence-electron chi connectivity index (χ4n) is 8.31. The first-order chi connectivity index (χ1) is 34.5. The highest BCUT2D eigenvalue weighted by atomic mass is 35.5. The third kappa shape index (κ3) is 15.2. The summed E-state index contributed by atoms with van der Waals surface area (Å²) in [5, 5.41) is 41.2. The van der Waals surface area contributed by atoms with E-state index in [9.17, 15) is 30.0 Å². The molecule has 386 valence electrons. The molecule has 7 rings (SSSR count). The molecular formula is C52H61Cl3O16. The summed E-state index contributed by atoms with van der Waals surface area (Å²) in [6.07, 6.45) is -13.8. The van der Waals surface area contributed by atoms with Gasteiger partial charge < -0.3 is 67.8 Å². The second-order valence-corrected chi connectivity index (χ2v) is 18.5. The lowest BCUT2D eigenvalue weighted by atomic mass is 10.0. The number of ether oxygens (including phenoxy) is 10. The molecule has 4 aromatic rings. The van der Waals surface area contributed by atoms with Crippen molar-refractivity contribution in [3.8, 4) is 0 Å². The third-order valence-electron chi connectivity index (χ3n) is 12.3. The van der Waals surface area contributed by atoms with Crippen LogP contribution in [0.1, 0.15) is 54.2 Å². The molecule has 3 saturated heterocycles. The molecule has 0 amide bonds. The van der Waals surface area contributed by atoms with Crippen LogP contribution in [0.2, 0.25) is 0 Å². The van der Waals surface area contributed by atoms with Crippen LogP contribution in [0.15, 0.2) is 121 Å². The second kappa shape index (κ2) is 27.5. The number of unbranched alkanes of at least 4 members (excludes halogenated alkanes) is 1. The minimum atomic E-state index is -2.05. The van der Waals surface area contributed by atoms with E-state index in [0.717, 1.165) is 22.3 Å². The summed E-state index contributed by atoms with van der Waals surface area (Å²) >= 11 is 18.3. The van der Waals surface area contributed by atoms with Crippen LogP contribution >= 0.6 is 34.8 Å². The molecule has 0 bridgehead atoms. The van der Waals surface area contributed by atoms with E-state index in [-0.39, 0.29) is 64.6 Å². The largest absolute Gasteiger partial charge is 0.463 e. The molecule has 71 heavy (non-hydrogen) atoms. The van der Waals surface area contributed by atoms with Gasteiger partial charge in [0, 0.05) is 18.4 Å². The fourth-order valence-corrected chi connectivity index (χ4v) is 9.12. The molecule has 0 aromatic heterocycles. The van der Waals surface area contributed by atoms with Gasteiger partial charge in [-0.2, -0.15) is 0 Å². The number of benzene rings is 4. The Bertz CT molecular complexity index is 2190. The minimum Gasteiger partial charge on any atom is -0.463 e. The van der Waals surface area contributed by atoms with Crippen molar-refractivity contribution in [1.29, 1.82) is 0 Å². The third-order valence-corrected chi connectivity index (χ3v) is 13.5. The van der Waals surface area contributed by atoms with Crippen molar-refractivity contribution in [2.75, 3.05) is 31.6 Å². The number of halogens is 3. The standard InChI is InChI=1S/C52H61Cl3O16/c53-25-37-44(58)49(61)52(32-54,70-37)71-51-46(60)45(59)43(55)38(68-51)29-64-41(56)23-13-14-24-42(57)65-30-39(62-26-33-15-5-1-6-16-33)47(66-28-35-19-9-3-10-20-35)48-40(63-27-34-17-7-2-8-18-34)31-67-50(69-48)36-21-11-4-12-22-36/h1-12,15-22,37-40,43-51,58-61H,13-14,23-32H2/t37-,38?,39?,40?,43+,44+,45+,46?,47?,48?,49?,50?,51-,52+/m1/s1. The molecule has 3 aliphatic heterocycles. The maximum Gasteiger partial charge on any atom is 0.305 e. The van der Waals surface area contributed by atoms with E-state index >= 15 is 0 Å². The maximum atomic E-state index is 13.5. The highest BCUT2D eigenvalue weighted by Crippen LogP contribution is 2.39. The summed E-state index contributed by atoms with van der Waals surface area (Å²) < 4.78 is 61.4. The van der Waals surface area contributed by atoms with Gasteiger partial charge in [-0.15, -0.1) is 34.8 Å². The minimum absolute atomic E-state index is 0.0327. The predicted octanol–water partition coefficient (Wildman–Crippen LogP) is 5.87. The van der Waals surface area contributed by atoms with Gasteiger partial charge in [0.1, 0.15) is 74.3 Å². The van der Waals surface area contributed by atoms with Crippen molar-refractivity contribution >= 4 is 46.7 Å². The number of aliphatic hydroxyl groups is 4. The predicted molar refractivity (Wildman–Crippen MR) is 258 cm³/mol. The van der Waals surface area contributed by atoms with Crippen LogP contribution in [-0.2, 0) is 76.8 Å². The van der Waals surface area contributed by atoms with E-state index in [1.807, 2.05) is 121 Å². The maximum absolute atomic E-state index is 13.5. The number of hydrogen-bond acceptors (Lipinski definition) is 16. The highest BCUT2D eigenvalue weighted by molar-refractivity contribution is 6.21. The number of hydrogen-bond donors (Lipinski definition) is 4. The van der Waals surface area contributed by atoms with Gasteiger partial charge in [0.15, 0.2) is 12.6 Å². The Kier molecular flexibility index (Phi) is 21.3. The Hall–Kier alpha value is -3.79. The van der Waals surface area contributed by atoms with Gasteiger partial charge in [0.05, 0.1) is 43.6 Å². The molecule has 4 N–H and O–H groups in total. The molecule has 3 heterocycles. The zero-order chi connectivity index (χ0) is 50.2. The van der Waals surface area contributed by atoms with Crippen molar-refractivity contribution in [1.82, 2.24) is 0 Å². The monoisotopic (exact) mass is 1050 g/mol. The van der Waals surface area contributed by atoms with E-state index in [1.165, 1.54) is 0 Å². The number of esters is 2.